The quantitative estimate of drug-likeness (QED) is 0.895. The Morgan fingerprint density at radius 2 is 2.18 bits per heavy atom. The van der Waals surface area contributed by atoms with E-state index in [-0.39, 0.29) is 0 Å². The molecule has 3 heteroatoms. The molecule has 2 nitrogen and oxygen atoms in total. The fourth-order valence-corrected chi connectivity index (χ4v) is 3.00. The largest absolute Gasteiger partial charge is 0.463 e. The molecule has 0 bridgehead atoms. The number of rotatable bonds is 3. The maximum absolute atomic E-state index is 10.3. The third-order valence-corrected chi connectivity index (χ3v) is 4.45. The van der Waals surface area contributed by atoms with Crippen molar-refractivity contribution in [2.75, 3.05) is 0 Å². The molecule has 0 aromatic carbocycles. The lowest BCUT2D eigenvalue weighted by molar-refractivity contribution is 0.186. The van der Waals surface area contributed by atoms with Gasteiger partial charge in [0.1, 0.15) is 17.6 Å². The molecule has 3 unspecified atom stereocenters. The van der Waals surface area contributed by atoms with Gasteiger partial charge in [-0.2, -0.15) is 0 Å². The van der Waals surface area contributed by atoms with Crippen molar-refractivity contribution in [1.29, 1.82) is 0 Å². The van der Waals surface area contributed by atoms with Gasteiger partial charge in [0.15, 0.2) is 0 Å². The van der Waals surface area contributed by atoms with Gasteiger partial charge in [0.2, 0.25) is 0 Å². The predicted octanol–water partition coefficient (Wildman–Crippen LogP) is 3.85. The Labute approximate surface area is 105 Å². The minimum atomic E-state index is -0.621. The van der Waals surface area contributed by atoms with Gasteiger partial charge in [-0.1, -0.05) is 6.92 Å². The number of thiophene rings is 1. The van der Waals surface area contributed by atoms with E-state index in [1.54, 1.807) is 11.3 Å². The Morgan fingerprint density at radius 3 is 2.76 bits per heavy atom. The van der Waals surface area contributed by atoms with E-state index in [1.165, 1.54) is 6.42 Å². The summed E-state index contributed by atoms with van der Waals surface area (Å²) in [6, 6.07) is 5.88. The van der Waals surface area contributed by atoms with Crippen molar-refractivity contribution in [3.05, 3.63) is 45.5 Å². The molecule has 0 saturated heterocycles. The Bertz CT molecular complexity index is 526. The first-order valence-corrected chi connectivity index (χ1v) is 6.86. The van der Waals surface area contributed by atoms with Crippen molar-refractivity contribution in [1.82, 2.24) is 0 Å². The minimum Gasteiger partial charge on any atom is -0.463 e. The Morgan fingerprint density at radius 1 is 1.41 bits per heavy atom. The number of aliphatic hydroxyl groups is 1. The zero-order valence-corrected chi connectivity index (χ0v) is 10.8. The molecule has 0 amide bonds. The van der Waals surface area contributed by atoms with E-state index in [4.69, 9.17) is 4.42 Å². The topological polar surface area (TPSA) is 33.4 Å². The maximum atomic E-state index is 10.3. The molecule has 3 rings (SSSR count). The zero-order chi connectivity index (χ0) is 12.0. The number of hydrogen-bond acceptors (Lipinski definition) is 3. The molecule has 0 radical (unpaired) electrons. The molecule has 90 valence electrons. The van der Waals surface area contributed by atoms with Crippen molar-refractivity contribution in [3.8, 4) is 0 Å². The maximum Gasteiger partial charge on any atom is 0.138 e. The summed E-state index contributed by atoms with van der Waals surface area (Å²) in [5.41, 5.74) is 0.958. The highest BCUT2D eigenvalue weighted by atomic mass is 32.1. The molecule has 2 heterocycles. The lowest BCUT2D eigenvalue weighted by Crippen LogP contribution is -1.97. The molecule has 0 aliphatic heterocycles. The molecule has 17 heavy (non-hydrogen) atoms. The lowest BCUT2D eigenvalue weighted by atomic mass is 10.1. The first-order valence-electron chi connectivity index (χ1n) is 5.98. The normalized spacial score (nSPS) is 24.9. The summed E-state index contributed by atoms with van der Waals surface area (Å²) in [4.78, 5) is 1.15. The van der Waals surface area contributed by atoms with Crippen LogP contribution in [-0.2, 0) is 0 Å². The van der Waals surface area contributed by atoms with Gasteiger partial charge in [-0.3, -0.25) is 0 Å². The summed E-state index contributed by atoms with van der Waals surface area (Å²) < 4.78 is 5.77. The molecule has 1 fully saturated rings. The summed E-state index contributed by atoms with van der Waals surface area (Å²) in [5, 5.41) is 12.3. The van der Waals surface area contributed by atoms with Gasteiger partial charge in [-0.05, 0) is 42.8 Å². The van der Waals surface area contributed by atoms with E-state index in [0.717, 1.165) is 22.1 Å². The average Bonchev–Trinajstić information content (AvgIpc) is 2.76. The molecular weight excluding hydrogens is 232 g/mol. The van der Waals surface area contributed by atoms with Gasteiger partial charge in [0, 0.05) is 16.4 Å². The van der Waals surface area contributed by atoms with Crippen molar-refractivity contribution >= 4 is 11.3 Å². The van der Waals surface area contributed by atoms with Gasteiger partial charge in [0.05, 0.1) is 0 Å². The van der Waals surface area contributed by atoms with Crippen LogP contribution < -0.4 is 0 Å². The van der Waals surface area contributed by atoms with Crippen molar-refractivity contribution in [2.24, 2.45) is 5.92 Å². The Balaban J connectivity index is 1.84. The van der Waals surface area contributed by atoms with Gasteiger partial charge < -0.3 is 9.52 Å². The summed E-state index contributed by atoms with van der Waals surface area (Å²) in [6.07, 6.45) is 0.588. The van der Waals surface area contributed by atoms with E-state index in [1.807, 2.05) is 30.5 Å². The van der Waals surface area contributed by atoms with E-state index < -0.39 is 6.10 Å². The summed E-state index contributed by atoms with van der Waals surface area (Å²) >= 11 is 1.65. The van der Waals surface area contributed by atoms with Crippen LogP contribution >= 0.6 is 11.3 Å². The van der Waals surface area contributed by atoms with Crippen molar-refractivity contribution in [2.45, 2.75) is 32.3 Å². The van der Waals surface area contributed by atoms with E-state index in [2.05, 4.69) is 6.92 Å². The summed E-state index contributed by atoms with van der Waals surface area (Å²) in [7, 11) is 0. The second-order valence-electron chi connectivity index (χ2n) is 4.89. The zero-order valence-electron chi connectivity index (χ0n) is 10.0. The number of aliphatic hydroxyl groups excluding tert-OH is 1. The SMILES string of the molecule is Cc1sccc1C(O)c1ccc(C2CC2C)o1. The molecule has 1 aliphatic carbocycles. The molecule has 1 saturated carbocycles. The average molecular weight is 248 g/mol. The number of furan rings is 1. The molecule has 2 aromatic heterocycles. The fraction of sp³-hybridized carbons (Fsp3) is 0.429. The van der Waals surface area contributed by atoms with Gasteiger partial charge in [0.25, 0.3) is 0 Å². The standard InChI is InChI=1S/C14H16O2S/c1-8-7-11(8)12-3-4-13(16-12)14(15)10-5-6-17-9(10)2/h3-6,8,11,14-15H,7H2,1-2H3. The van der Waals surface area contributed by atoms with Crippen LogP contribution in [0.4, 0.5) is 0 Å². The van der Waals surface area contributed by atoms with Crippen LogP contribution in [-0.4, -0.2) is 5.11 Å². The van der Waals surface area contributed by atoms with Crippen LogP contribution in [0, 0.1) is 12.8 Å². The van der Waals surface area contributed by atoms with Crippen LogP contribution in [0.1, 0.15) is 47.3 Å². The van der Waals surface area contributed by atoms with Crippen molar-refractivity contribution in [3.63, 3.8) is 0 Å². The Hall–Kier alpha value is -1.06. The van der Waals surface area contributed by atoms with Crippen LogP contribution in [0.5, 0.6) is 0 Å². The van der Waals surface area contributed by atoms with Gasteiger partial charge >= 0.3 is 0 Å². The number of aryl methyl sites for hydroxylation is 1. The van der Waals surface area contributed by atoms with E-state index in [9.17, 15) is 5.11 Å². The second-order valence-corrected chi connectivity index (χ2v) is 6.01. The van der Waals surface area contributed by atoms with Crippen LogP contribution in [0.3, 0.4) is 0 Å². The second kappa shape index (κ2) is 4.00. The first-order chi connectivity index (χ1) is 8.16. The van der Waals surface area contributed by atoms with Gasteiger partial charge in [-0.25, -0.2) is 0 Å². The molecule has 1 aliphatic rings. The minimum absolute atomic E-state index is 0.569. The van der Waals surface area contributed by atoms with Crippen molar-refractivity contribution < 1.29 is 9.52 Å². The molecule has 0 spiro atoms. The summed E-state index contributed by atoms with van der Waals surface area (Å²) in [6.45, 7) is 4.25. The van der Waals surface area contributed by atoms with Crippen LogP contribution in [0.15, 0.2) is 28.0 Å². The third-order valence-electron chi connectivity index (χ3n) is 3.59. The fourth-order valence-electron chi connectivity index (χ4n) is 2.26. The van der Waals surface area contributed by atoms with Crippen LogP contribution in [0.25, 0.3) is 0 Å². The third kappa shape index (κ3) is 1.94. The monoisotopic (exact) mass is 248 g/mol. The van der Waals surface area contributed by atoms with Gasteiger partial charge in [-0.15, -0.1) is 11.3 Å². The predicted molar refractivity (Wildman–Crippen MR) is 68.3 cm³/mol. The van der Waals surface area contributed by atoms with E-state index in [0.29, 0.717) is 11.7 Å². The molecule has 2 aromatic rings. The highest BCUT2D eigenvalue weighted by Gasteiger charge is 2.37. The highest BCUT2D eigenvalue weighted by molar-refractivity contribution is 7.10. The molecule has 1 N–H and O–H groups in total. The van der Waals surface area contributed by atoms with Crippen LogP contribution in [0.2, 0.25) is 0 Å². The molecule has 3 atom stereocenters. The lowest BCUT2D eigenvalue weighted by Gasteiger charge is -2.07. The number of hydrogen-bond donors (Lipinski definition) is 1. The Kier molecular flexibility index (Phi) is 2.60. The highest BCUT2D eigenvalue weighted by Crippen LogP contribution is 2.47. The summed E-state index contributed by atoms with van der Waals surface area (Å²) in [5.74, 6) is 2.99. The molecular formula is C14H16O2S. The first kappa shape index (κ1) is 11.1. The smallest absolute Gasteiger partial charge is 0.138 e. The van der Waals surface area contributed by atoms with E-state index >= 15 is 0 Å².